The molecule has 9 heteroatoms. The van der Waals surface area contributed by atoms with E-state index in [1.807, 2.05) is 4.90 Å². The minimum Gasteiger partial charge on any atom is -0.340 e. The average Bonchev–Trinajstić information content (AvgIpc) is 2.73. The van der Waals surface area contributed by atoms with Gasteiger partial charge in [0.25, 0.3) is 5.56 Å². The molecule has 2 amide bonds. The quantitative estimate of drug-likeness (QED) is 0.649. The van der Waals surface area contributed by atoms with Gasteiger partial charge in [0, 0.05) is 30.3 Å². The van der Waals surface area contributed by atoms with Gasteiger partial charge in [0.05, 0.1) is 11.5 Å². The van der Waals surface area contributed by atoms with Gasteiger partial charge in [-0.15, -0.1) is 0 Å². The van der Waals surface area contributed by atoms with Crippen molar-refractivity contribution < 1.29 is 14.4 Å². The number of nitrogens with one attached hydrogen (secondary N) is 3. The number of ketones is 1. The fourth-order valence-corrected chi connectivity index (χ4v) is 4.15. The Bertz CT molecular complexity index is 1090. The Balaban J connectivity index is 1.62. The highest BCUT2D eigenvalue weighted by molar-refractivity contribution is 6.04. The molecule has 2 aliphatic heterocycles. The predicted octanol–water partition coefficient (Wildman–Crippen LogP) is 2.42. The van der Waals surface area contributed by atoms with Crippen molar-refractivity contribution in [2.45, 2.75) is 51.5 Å². The molecule has 4 rings (SSSR count). The molecule has 2 unspecified atom stereocenters. The third-order valence-electron chi connectivity index (χ3n) is 5.89. The van der Waals surface area contributed by atoms with Crippen molar-refractivity contribution in [3.05, 3.63) is 45.7 Å². The first-order chi connectivity index (χ1) is 14.8. The molecule has 3 heterocycles. The van der Waals surface area contributed by atoms with Crippen LogP contribution in [-0.2, 0) is 9.59 Å². The largest absolute Gasteiger partial charge is 0.340 e. The Labute approximate surface area is 179 Å². The first-order valence-corrected chi connectivity index (χ1v) is 10.5. The van der Waals surface area contributed by atoms with Gasteiger partial charge < -0.3 is 15.5 Å². The van der Waals surface area contributed by atoms with Crippen LogP contribution in [0.15, 0.2) is 29.1 Å². The van der Waals surface area contributed by atoms with Crippen LogP contribution in [0.3, 0.4) is 0 Å². The summed E-state index contributed by atoms with van der Waals surface area (Å²) in [5.74, 6) is -1.32. The van der Waals surface area contributed by atoms with Gasteiger partial charge in [0.1, 0.15) is 5.82 Å². The zero-order valence-electron chi connectivity index (χ0n) is 17.5. The second-order valence-electron chi connectivity index (χ2n) is 8.12. The number of carbonyl (C=O) groups excluding carboxylic acids is 3. The number of rotatable bonds is 4. The van der Waals surface area contributed by atoms with E-state index in [0.717, 1.165) is 25.8 Å². The first kappa shape index (κ1) is 20.8. The summed E-state index contributed by atoms with van der Waals surface area (Å²) in [6.45, 7) is 4.31. The lowest BCUT2D eigenvalue weighted by molar-refractivity contribution is -0.123. The maximum absolute atomic E-state index is 12.9. The smallest absolute Gasteiger partial charge is 0.258 e. The molecule has 0 radical (unpaired) electrons. The van der Waals surface area contributed by atoms with E-state index in [9.17, 15) is 19.2 Å². The summed E-state index contributed by atoms with van der Waals surface area (Å²) < 4.78 is 0. The highest BCUT2D eigenvalue weighted by Crippen LogP contribution is 2.31. The summed E-state index contributed by atoms with van der Waals surface area (Å²) in [7, 11) is 0. The fraction of sp³-hybridized carbons (Fsp3) is 0.409. The van der Waals surface area contributed by atoms with Gasteiger partial charge in [-0.3, -0.25) is 24.2 Å². The summed E-state index contributed by atoms with van der Waals surface area (Å²) >= 11 is 0. The molecule has 0 bridgehead atoms. The number of piperidine rings is 1. The van der Waals surface area contributed by atoms with Crippen LogP contribution in [0.25, 0.3) is 0 Å². The van der Waals surface area contributed by atoms with Crippen LogP contribution in [0.4, 0.5) is 17.5 Å². The van der Waals surface area contributed by atoms with Crippen LogP contribution in [0.1, 0.15) is 61.4 Å². The Morgan fingerprint density at radius 3 is 2.58 bits per heavy atom. The average molecular weight is 423 g/mol. The van der Waals surface area contributed by atoms with Crippen LogP contribution in [0.2, 0.25) is 0 Å². The summed E-state index contributed by atoms with van der Waals surface area (Å²) in [5, 5.41) is 5.38. The minimum absolute atomic E-state index is 0.0767. The summed E-state index contributed by atoms with van der Waals surface area (Å²) in [6.07, 6.45) is 2.99. The lowest BCUT2D eigenvalue weighted by Gasteiger charge is -2.34. The highest BCUT2D eigenvalue weighted by Gasteiger charge is 2.35. The molecular formula is C22H25N5O4. The molecule has 31 heavy (non-hydrogen) atoms. The van der Waals surface area contributed by atoms with Gasteiger partial charge >= 0.3 is 0 Å². The normalized spacial score (nSPS) is 20.6. The summed E-state index contributed by atoms with van der Waals surface area (Å²) in [5.41, 5.74) is 0.738. The molecule has 0 saturated carbocycles. The molecule has 2 atom stereocenters. The lowest BCUT2D eigenvalue weighted by atomic mass is 9.92. The molecule has 9 nitrogen and oxygen atoms in total. The molecule has 162 valence electrons. The zero-order valence-corrected chi connectivity index (χ0v) is 17.5. The Morgan fingerprint density at radius 2 is 1.90 bits per heavy atom. The van der Waals surface area contributed by atoms with Gasteiger partial charge in [-0.25, -0.2) is 0 Å². The number of amides is 2. The standard InChI is InChI=1S/C22H25N5O4/c1-12-5-3-4-10-27(12)22-25-19-18(21(31)26-22)16(11-17(29)24-19)20(30)23-15-8-6-14(7-9-15)13(2)28/h6-9,12,16H,3-5,10-11H2,1-2H3,(H,23,30)(H2,24,25,26,29,31). The monoisotopic (exact) mass is 423 g/mol. The first-order valence-electron chi connectivity index (χ1n) is 10.5. The number of Topliss-reactive ketones (excluding diaryl/α,β-unsaturated/α-hetero) is 1. The van der Waals surface area contributed by atoms with Crippen molar-refractivity contribution in [2.24, 2.45) is 0 Å². The maximum Gasteiger partial charge on any atom is 0.258 e. The molecular weight excluding hydrogens is 398 g/mol. The van der Waals surface area contributed by atoms with Crippen molar-refractivity contribution in [1.82, 2.24) is 9.97 Å². The van der Waals surface area contributed by atoms with Crippen LogP contribution >= 0.6 is 0 Å². The molecule has 1 aromatic carbocycles. The number of benzene rings is 1. The van der Waals surface area contributed by atoms with Crippen molar-refractivity contribution >= 4 is 35.1 Å². The third-order valence-corrected chi connectivity index (χ3v) is 5.89. The fourth-order valence-electron chi connectivity index (χ4n) is 4.15. The van der Waals surface area contributed by atoms with Crippen LogP contribution in [0, 0.1) is 0 Å². The van der Waals surface area contributed by atoms with Gasteiger partial charge in [0.15, 0.2) is 5.78 Å². The molecule has 2 aromatic rings. The molecule has 0 spiro atoms. The van der Waals surface area contributed by atoms with E-state index in [-0.39, 0.29) is 35.5 Å². The molecule has 2 aliphatic rings. The van der Waals surface area contributed by atoms with E-state index >= 15 is 0 Å². The maximum atomic E-state index is 12.9. The Kier molecular flexibility index (Phi) is 5.58. The second kappa shape index (κ2) is 8.33. The van der Waals surface area contributed by atoms with E-state index in [2.05, 4.69) is 27.5 Å². The number of aromatic nitrogens is 2. The summed E-state index contributed by atoms with van der Waals surface area (Å²) in [6, 6.07) is 6.68. The van der Waals surface area contributed by atoms with Crippen LogP contribution in [-0.4, -0.2) is 40.2 Å². The Hall–Kier alpha value is -3.49. The van der Waals surface area contributed by atoms with Gasteiger partial charge in [-0.1, -0.05) is 0 Å². The van der Waals surface area contributed by atoms with E-state index in [4.69, 9.17) is 0 Å². The molecule has 0 aliphatic carbocycles. The van der Waals surface area contributed by atoms with Gasteiger partial charge in [0.2, 0.25) is 17.8 Å². The minimum atomic E-state index is -0.958. The van der Waals surface area contributed by atoms with E-state index in [1.54, 1.807) is 24.3 Å². The number of aromatic amines is 1. The number of fused-ring (bicyclic) bond motifs is 1. The number of nitrogens with zero attached hydrogens (tertiary/aromatic N) is 2. The molecule has 1 saturated heterocycles. The van der Waals surface area contributed by atoms with Gasteiger partial charge in [-0.05, 0) is 57.4 Å². The number of hydrogen-bond donors (Lipinski definition) is 3. The highest BCUT2D eigenvalue weighted by atomic mass is 16.2. The van der Waals surface area contributed by atoms with E-state index < -0.39 is 17.4 Å². The SMILES string of the molecule is CC(=O)c1ccc(NC(=O)C2CC(=O)Nc3nc(N4CCCCC4C)[nH]c(=O)c32)cc1. The van der Waals surface area contributed by atoms with E-state index in [1.165, 1.54) is 6.92 Å². The van der Waals surface area contributed by atoms with Crippen molar-refractivity contribution in [3.63, 3.8) is 0 Å². The van der Waals surface area contributed by atoms with Crippen molar-refractivity contribution in [3.8, 4) is 0 Å². The Morgan fingerprint density at radius 1 is 1.16 bits per heavy atom. The number of H-pyrrole nitrogens is 1. The predicted molar refractivity (Wildman–Crippen MR) is 117 cm³/mol. The second-order valence-corrected chi connectivity index (χ2v) is 8.12. The molecule has 1 fully saturated rings. The molecule has 3 N–H and O–H groups in total. The zero-order chi connectivity index (χ0) is 22.1. The van der Waals surface area contributed by atoms with Crippen LogP contribution < -0.4 is 21.1 Å². The number of carbonyl (C=O) groups is 3. The third kappa shape index (κ3) is 4.21. The molecule has 1 aromatic heterocycles. The number of hydrogen-bond acceptors (Lipinski definition) is 6. The van der Waals surface area contributed by atoms with Crippen LogP contribution in [0.5, 0.6) is 0 Å². The number of anilines is 3. The van der Waals surface area contributed by atoms with Crippen molar-refractivity contribution in [1.29, 1.82) is 0 Å². The van der Waals surface area contributed by atoms with Gasteiger partial charge in [-0.2, -0.15) is 4.98 Å². The topological polar surface area (TPSA) is 124 Å². The lowest BCUT2D eigenvalue weighted by Crippen LogP contribution is -2.41. The van der Waals surface area contributed by atoms with Crippen molar-refractivity contribution in [2.75, 3.05) is 22.1 Å². The summed E-state index contributed by atoms with van der Waals surface area (Å²) in [4.78, 5) is 58.9. The van der Waals surface area contributed by atoms with E-state index in [0.29, 0.717) is 17.2 Å².